The lowest BCUT2D eigenvalue weighted by Crippen LogP contribution is -1.93. The highest BCUT2D eigenvalue weighted by atomic mass is 32.1. The molecule has 2 aromatic carbocycles. The van der Waals surface area contributed by atoms with Gasteiger partial charge in [0.25, 0.3) is 5.69 Å². The van der Waals surface area contributed by atoms with Crippen LogP contribution >= 0.6 is 11.3 Å². The SMILES string of the molecule is COc1cccc(/C=C(/C#N)c2nc(-c3ccc([N+](=O)[O-])cc3)cs2)c1OC. The molecule has 0 N–H and O–H groups in total. The summed E-state index contributed by atoms with van der Waals surface area (Å²) < 4.78 is 10.7. The number of para-hydroxylation sites is 1. The molecule has 0 fully saturated rings. The zero-order valence-corrected chi connectivity index (χ0v) is 15.9. The van der Waals surface area contributed by atoms with E-state index in [1.54, 1.807) is 31.4 Å². The number of rotatable bonds is 6. The molecular weight excluding hydrogens is 378 g/mol. The molecule has 140 valence electrons. The molecular formula is C20H15N3O4S. The third kappa shape index (κ3) is 3.84. The smallest absolute Gasteiger partial charge is 0.269 e. The van der Waals surface area contributed by atoms with Crippen molar-refractivity contribution in [1.29, 1.82) is 5.26 Å². The summed E-state index contributed by atoms with van der Waals surface area (Å²) >= 11 is 1.32. The van der Waals surface area contributed by atoms with Crippen LogP contribution in [0.25, 0.3) is 22.9 Å². The van der Waals surface area contributed by atoms with Crippen LogP contribution in [0.15, 0.2) is 47.8 Å². The lowest BCUT2D eigenvalue weighted by Gasteiger charge is -2.10. The number of benzene rings is 2. The molecule has 0 unspecified atom stereocenters. The Morgan fingerprint density at radius 1 is 1.21 bits per heavy atom. The number of nitro benzene ring substituents is 1. The van der Waals surface area contributed by atoms with Gasteiger partial charge in [-0.2, -0.15) is 5.26 Å². The standard InChI is InChI=1S/C20H15N3O4S/c1-26-18-5-3-4-14(19(18)27-2)10-15(11-21)20-22-17(12-28-20)13-6-8-16(9-7-13)23(24)25/h3-10,12H,1-2H3/b15-10-. The molecule has 0 atom stereocenters. The van der Waals surface area contributed by atoms with Crippen LogP contribution in [0.2, 0.25) is 0 Å². The largest absolute Gasteiger partial charge is 0.493 e. The fourth-order valence-corrected chi connectivity index (χ4v) is 3.40. The van der Waals surface area contributed by atoms with E-state index in [4.69, 9.17) is 9.47 Å². The molecule has 8 heteroatoms. The highest BCUT2D eigenvalue weighted by molar-refractivity contribution is 7.11. The van der Waals surface area contributed by atoms with E-state index >= 15 is 0 Å². The van der Waals surface area contributed by atoms with Crippen molar-refractivity contribution < 1.29 is 14.4 Å². The molecule has 0 amide bonds. The molecule has 1 heterocycles. The van der Waals surface area contributed by atoms with Gasteiger partial charge in [-0.15, -0.1) is 11.3 Å². The summed E-state index contributed by atoms with van der Waals surface area (Å²) in [5.41, 5.74) is 2.48. The molecule has 0 aliphatic heterocycles. The van der Waals surface area contributed by atoms with Gasteiger partial charge in [0.1, 0.15) is 11.1 Å². The zero-order chi connectivity index (χ0) is 20.1. The van der Waals surface area contributed by atoms with Crippen LogP contribution in [-0.4, -0.2) is 24.1 Å². The fourth-order valence-electron chi connectivity index (χ4n) is 2.61. The molecule has 3 aromatic rings. The summed E-state index contributed by atoms with van der Waals surface area (Å²) in [5, 5.41) is 22.7. The predicted octanol–water partition coefficient (Wildman–Crippen LogP) is 4.80. The average Bonchev–Trinajstić information content (AvgIpc) is 3.21. The van der Waals surface area contributed by atoms with Crippen LogP contribution in [-0.2, 0) is 0 Å². The number of thiazole rings is 1. The van der Waals surface area contributed by atoms with Crippen molar-refractivity contribution in [2.75, 3.05) is 14.2 Å². The summed E-state index contributed by atoms with van der Waals surface area (Å²) in [6.45, 7) is 0. The van der Waals surface area contributed by atoms with E-state index in [0.29, 0.717) is 33.3 Å². The van der Waals surface area contributed by atoms with Crippen LogP contribution in [0, 0.1) is 21.4 Å². The zero-order valence-electron chi connectivity index (χ0n) is 15.1. The van der Waals surface area contributed by atoms with E-state index < -0.39 is 4.92 Å². The van der Waals surface area contributed by atoms with Gasteiger partial charge >= 0.3 is 0 Å². The molecule has 7 nitrogen and oxygen atoms in total. The predicted molar refractivity (Wildman–Crippen MR) is 107 cm³/mol. The Bertz CT molecular complexity index is 1080. The van der Waals surface area contributed by atoms with E-state index in [-0.39, 0.29) is 5.69 Å². The number of aromatic nitrogens is 1. The minimum atomic E-state index is -0.450. The van der Waals surface area contributed by atoms with Crippen molar-refractivity contribution in [3.63, 3.8) is 0 Å². The second-order valence-electron chi connectivity index (χ2n) is 5.59. The molecule has 0 aliphatic carbocycles. The summed E-state index contributed by atoms with van der Waals surface area (Å²) in [6.07, 6.45) is 1.69. The van der Waals surface area contributed by atoms with Crippen molar-refractivity contribution in [3.8, 4) is 28.8 Å². The van der Waals surface area contributed by atoms with Crippen LogP contribution in [0.1, 0.15) is 10.6 Å². The van der Waals surface area contributed by atoms with E-state index in [0.717, 1.165) is 5.56 Å². The number of hydrogen-bond donors (Lipinski definition) is 0. The van der Waals surface area contributed by atoms with Crippen LogP contribution in [0.3, 0.4) is 0 Å². The van der Waals surface area contributed by atoms with Crippen LogP contribution in [0.4, 0.5) is 5.69 Å². The first kappa shape index (κ1) is 19.1. The second-order valence-corrected chi connectivity index (χ2v) is 6.45. The quantitative estimate of drug-likeness (QED) is 0.339. The minimum Gasteiger partial charge on any atom is -0.493 e. The number of nitrogens with zero attached hydrogens (tertiary/aromatic N) is 3. The summed E-state index contributed by atoms with van der Waals surface area (Å²) in [4.78, 5) is 14.8. The lowest BCUT2D eigenvalue weighted by atomic mass is 10.1. The molecule has 0 radical (unpaired) electrons. The third-order valence-electron chi connectivity index (χ3n) is 3.96. The number of non-ortho nitro benzene ring substituents is 1. The maximum Gasteiger partial charge on any atom is 0.269 e. The Hall–Kier alpha value is -3.70. The first-order valence-electron chi connectivity index (χ1n) is 8.11. The number of methoxy groups -OCH3 is 2. The summed E-state index contributed by atoms with van der Waals surface area (Å²) in [6, 6.07) is 13.7. The Morgan fingerprint density at radius 3 is 2.57 bits per heavy atom. The number of ether oxygens (including phenoxy) is 2. The average molecular weight is 393 g/mol. The molecule has 1 aromatic heterocycles. The summed E-state index contributed by atoms with van der Waals surface area (Å²) in [5.74, 6) is 1.10. The first-order valence-corrected chi connectivity index (χ1v) is 8.99. The van der Waals surface area contributed by atoms with Crippen molar-refractivity contribution in [2.24, 2.45) is 0 Å². The molecule has 28 heavy (non-hydrogen) atoms. The van der Waals surface area contributed by atoms with E-state index in [1.807, 2.05) is 17.5 Å². The molecule has 3 rings (SSSR count). The number of allylic oxidation sites excluding steroid dienone is 1. The Morgan fingerprint density at radius 2 is 1.96 bits per heavy atom. The van der Waals surface area contributed by atoms with Gasteiger partial charge in [0.05, 0.1) is 30.4 Å². The Labute approximate surface area is 165 Å². The molecule has 0 saturated carbocycles. The van der Waals surface area contributed by atoms with Crippen LogP contribution < -0.4 is 9.47 Å². The number of nitriles is 1. The number of hydrogen-bond acceptors (Lipinski definition) is 7. The third-order valence-corrected chi connectivity index (χ3v) is 4.84. The second kappa shape index (κ2) is 8.33. The maximum absolute atomic E-state index is 10.8. The van der Waals surface area contributed by atoms with Gasteiger partial charge in [0, 0.05) is 28.6 Å². The fraction of sp³-hybridized carbons (Fsp3) is 0.100. The summed E-state index contributed by atoms with van der Waals surface area (Å²) in [7, 11) is 3.09. The number of nitro groups is 1. The monoisotopic (exact) mass is 393 g/mol. The normalized spacial score (nSPS) is 11.0. The van der Waals surface area contributed by atoms with Gasteiger partial charge < -0.3 is 9.47 Å². The highest BCUT2D eigenvalue weighted by Crippen LogP contribution is 2.34. The molecule has 0 spiro atoms. The van der Waals surface area contributed by atoms with Gasteiger partial charge in [-0.1, -0.05) is 12.1 Å². The minimum absolute atomic E-state index is 0.0157. The van der Waals surface area contributed by atoms with E-state index in [9.17, 15) is 15.4 Å². The van der Waals surface area contributed by atoms with Crippen LogP contribution in [0.5, 0.6) is 11.5 Å². The van der Waals surface area contributed by atoms with E-state index in [1.165, 1.54) is 30.6 Å². The molecule has 0 aliphatic rings. The van der Waals surface area contributed by atoms with Gasteiger partial charge in [0.15, 0.2) is 11.5 Å². The first-order chi connectivity index (χ1) is 13.6. The topological polar surface area (TPSA) is 98.3 Å². The van der Waals surface area contributed by atoms with Gasteiger partial charge in [-0.3, -0.25) is 10.1 Å². The van der Waals surface area contributed by atoms with Crippen molar-refractivity contribution in [2.45, 2.75) is 0 Å². The maximum atomic E-state index is 10.8. The molecule has 0 bridgehead atoms. The van der Waals surface area contributed by atoms with Crippen molar-refractivity contribution in [3.05, 3.63) is 68.5 Å². The van der Waals surface area contributed by atoms with Gasteiger partial charge in [-0.05, 0) is 24.3 Å². The lowest BCUT2D eigenvalue weighted by molar-refractivity contribution is -0.384. The van der Waals surface area contributed by atoms with Gasteiger partial charge in [0.2, 0.25) is 0 Å². The van der Waals surface area contributed by atoms with E-state index in [2.05, 4.69) is 11.1 Å². The Balaban J connectivity index is 1.96. The Kier molecular flexibility index (Phi) is 5.67. The van der Waals surface area contributed by atoms with Crippen molar-refractivity contribution >= 4 is 28.7 Å². The molecule has 0 saturated heterocycles. The highest BCUT2D eigenvalue weighted by Gasteiger charge is 2.13. The van der Waals surface area contributed by atoms with Crippen molar-refractivity contribution in [1.82, 2.24) is 4.98 Å². The van der Waals surface area contributed by atoms with Gasteiger partial charge in [-0.25, -0.2) is 4.98 Å².